The maximum absolute atomic E-state index is 13.1. The van der Waals surface area contributed by atoms with E-state index in [2.05, 4.69) is 19.2 Å². The highest BCUT2D eigenvalue weighted by Crippen LogP contribution is 2.18. The van der Waals surface area contributed by atoms with Gasteiger partial charge < -0.3 is 19.7 Å². The second-order valence-corrected chi connectivity index (χ2v) is 8.55. The van der Waals surface area contributed by atoms with Gasteiger partial charge in [0.1, 0.15) is 11.8 Å². The van der Waals surface area contributed by atoms with Crippen molar-refractivity contribution in [3.05, 3.63) is 65.7 Å². The molecule has 0 aliphatic carbocycles. The predicted molar refractivity (Wildman–Crippen MR) is 125 cm³/mol. The van der Waals surface area contributed by atoms with Crippen molar-refractivity contribution in [3.63, 3.8) is 0 Å². The average molecular weight is 453 g/mol. The Labute approximate surface area is 195 Å². The van der Waals surface area contributed by atoms with Crippen LogP contribution in [-0.2, 0) is 20.7 Å². The zero-order chi connectivity index (χ0) is 23.6. The second kappa shape index (κ2) is 12.0. The third-order valence-electron chi connectivity index (χ3n) is 5.35. The fraction of sp³-hybridized carbons (Fsp3) is 0.423. The molecule has 1 heterocycles. The molecule has 2 aromatic carbocycles. The lowest BCUT2D eigenvalue weighted by Gasteiger charge is -2.34. The van der Waals surface area contributed by atoms with Crippen LogP contribution in [0.15, 0.2) is 54.6 Å². The number of hydrogen-bond acceptors (Lipinski definition) is 5. The lowest BCUT2D eigenvalue weighted by Crippen LogP contribution is -2.57. The SMILES string of the molecule is CC(C)COc1ccc(C(=O)N2CCNC(=O)C2CC(=O)OCCCc2ccccc2)cc1. The fourth-order valence-electron chi connectivity index (χ4n) is 3.61. The normalized spacial score (nSPS) is 15.8. The lowest BCUT2D eigenvalue weighted by molar-refractivity contribution is -0.147. The summed E-state index contributed by atoms with van der Waals surface area (Å²) in [6.07, 6.45) is 1.33. The van der Waals surface area contributed by atoms with E-state index in [-0.39, 0.29) is 24.8 Å². The molecule has 7 heteroatoms. The maximum atomic E-state index is 13.1. The van der Waals surface area contributed by atoms with Gasteiger partial charge in [-0.3, -0.25) is 14.4 Å². The summed E-state index contributed by atoms with van der Waals surface area (Å²) < 4.78 is 11.0. The molecule has 1 aliphatic heterocycles. The number of carbonyl (C=O) groups excluding carboxylic acids is 3. The minimum Gasteiger partial charge on any atom is -0.493 e. The Morgan fingerprint density at radius 3 is 2.52 bits per heavy atom. The Morgan fingerprint density at radius 1 is 1.09 bits per heavy atom. The highest BCUT2D eigenvalue weighted by molar-refractivity contribution is 5.99. The van der Waals surface area contributed by atoms with Gasteiger partial charge in [0.25, 0.3) is 5.91 Å². The van der Waals surface area contributed by atoms with Crippen molar-refractivity contribution < 1.29 is 23.9 Å². The summed E-state index contributed by atoms with van der Waals surface area (Å²) in [5, 5.41) is 2.74. The van der Waals surface area contributed by atoms with Gasteiger partial charge in [-0.15, -0.1) is 0 Å². The van der Waals surface area contributed by atoms with E-state index in [0.29, 0.717) is 43.3 Å². The molecule has 1 N–H and O–H groups in total. The Kier molecular flexibility index (Phi) is 8.87. The molecule has 1 fully saturated rings. The zero-order valence-electron chi connectivity index (χ0n) is 19.3. The van der Waals surface area contributed by atoms with Crippen molar-refractivity contribution >= 4 is 17.8 Å². The molecule has 0 aromatic heterocycles. The Bertz CT molecular complexity index is 927. The molecule has 1 atom stereocenters. The smallest absolute Gasteiger partial charge is 0.308 e. The largest absolute Gasteiger partial charge is 0.493 e. The predicted octanol–water partition coefficient (Wildman–Crippen LogP) is 3.23. The first-order valence-corrected chi connectivity index (χ1v) is 11.4. The molecule has 0 spiro atoms. The van der Waals surface area contributed by atoms with E-state index >= 15 is 0 Å². The number of hydrogen-bond donors (Lipinski definition) is 1. The number of benzene rings is 2. The number of amides is 2. The molecule has 7 nitrogen and oxygen atoms in total. The lowest BCUT2D eigenvalue weighted by atomic mass is 10.1. The molecule has 1 saturated heterocycles. The van der Waals surface area contributed by atoms with Crippen molar-refractivity contribution in [1.29, 1.82) is 0 Å². The van der Waals surface area contributed by atoms with Gasteiger partial charge in [0.05, 0.1) is 19.6 Å². The summed E-state index contributed by atoms with van der Waals surface area (Å²) in [7, 11) is 0. The van der Waals surface area contributed by atoms with Gasteiger partial charge in [-0.1, -0.05) is 44.2 Å². The second-order valence-electron chi connectivity index (χ2n) is 8.55. The summed E-state index contributed by atoms with van der Waals surface area (Å²) in [5.41, 5.74) is 1.63. The summed E-state index contributed by atoms with van der Waals surface area (Å²) in [6.45, 7) is 5.68. The van der Waals surface area contributed by atoms with Crippen LogP contribution in [0.2, 0.25) is 0 Å². The van der Waals surface area contributed by atoms with Crippen molar-refractivity contribution in [2.45, 2.75) is 39.2 Å². The minimum absolute atomic E-state index is 0.168. The van der Waals surface area contributed by atoms with Gasteiger partial charge in [-0.05, 0) is 48.6 Å². The fourth-order valence-corrected chi connectivity index (χ4v) is 3.61. The summed E-state index contributed by atoms with van der Waals surface area (Å²) >= 11 is 0. The van der Waals surface area contributed by atoms with Gasteiger partial charge >= 0.3 is 5.97 Å². The molecule has 33 heavy (non-hydrogen) atoms. The van der Waals surface area contributed by atoms with Gasteiger partial charge in [-0.2, -0.15) is 0 Å². The van der Waals surface area contributed by atoms with E-state index in [1.807, 2.05) is 30.3 Å². The molecule has 0 saturated carbocycles. The van der Waals surface area contributed by atoms with Gasteiger partial charge in [0.15, 0.2) is 0 Å². The van der Waals surface area contributed by atoms with E-state index in [9.17, 15) is 14.4 Å². The number of piperazine rings is 1. The summed E-state index contributed by atoms with van der Waals surface area (Å²) in [4.78, 5) is 39.4. The van der Waals surface area contributed by atoms with Crippen LogP contribution in [0.5, 0.6) is 5.75 Å². The molecule has 1 aliphatic rings. The van der Waals surface area contributed by atoms with Crippen LogP contribution < -0.4 is 10.1 Å². The highest BCUT2D eigenvalue weighted by Gasteiger charge is 2.35. The van der Waals surface area contributed by atoms with E-state index in [1.54, 1.807) is 24.3 Å². The van der Waals surface area contributed by atoms with E-state index in [4.69, 9.17) is 9.47 Å². The number of ether oxygens (including phenoxy) is 2. The third kappa shape index (κ3) is 7.34. The number of carbonyl (C=O) groups is 3. The number of nitrogens with zero attached hydrogens (tertiary/aromatic N) is 1. The monoisotopic (exact) mass is 452 g/mol. The molecular weight excluding hydrogens is 420 g/mol. The highest BCUT2D eigenvalue weighted by atomic mass is 16.5. The van der Waals surface area contributed by atoms with Crippen molar-refractivity contribution in [2.24, 2.45) is 5.92 Å². The molecule has 0 bridgehead atoms. The van der Waals surface area contributed by atoms with Crippen LogP contribution in [0, 0.1) is 5.92 Å². The van der Waals surface area contributed by atoms with E-state index in [1.165, 1.54) is 10.5 Å². The van der Waals surface area contributed by atoms with E-state index < -0.39 is 12.0 Å². The quantitative estimate of drug-likeness (QED) is 0.442. The van der Waals surface area contributed by atoms with Crippen LogP contribution in [0.1, 0.15) is 42.6 Å². The number of esters is 1. The zero-order valence-corrected chi connectivity index (χ0v) is 19.3. The first-order chi connectivity index (χ1) is 15.9. The van der Waals surface area contributed by atoms with Crippen LogP contribution in [0.4, 0.5) is 0 Å². The topological polar surface area (TPSA) is 84.9 Å². The number of nitrogens with one attached hydrogen (secondary N) is 1. The molecule has 2 amide bonds. The van der Waals surface area contributed by atoms with Crippen molar-refractivity contribution in [2.75, 3.05) is 26.3 Å². The Balaban J connectivity index is 1.54. The molecule has 3 rings (SSSR count). The number of aryl methyl sites for hydroxylation is 1. The first kappa shape index (κ1) is 24.3. The van der Waals surface area contributed by atoms with Gasteiger partial charge in [-0.25, -0.2) is 0 Å². The van der Waals surface area contributed by atoms with Crippen molar-refractivity contribution in [1.82, 2.24) is 10.2 Å². The van der Waals surface area contributed by atoms with Crippen molar-refractivity contribution in [3.8, 4) is 5.75 Å². The molecule has 0 radical (unpaired) electrons. The van der Waals surface area contributed by atoms with Crippen LogP contribution in [-0.4, -0.2) is 55.0 Å². The molecular formula is C26H32N2O5. The number of rotatable bonds is 10. The van der Waals surface area contributed by atoms with Crippen LogP contribution >= 0.6 is 0 Å². The Morgan fingerprint density at radius 2 is 1.82 bits per heavy atom. The standard InChI is InChI=1S/C26H32N2O5/c1-19(2)18-33-22-12-10-21(11-13-22)26(31)28-15-14-27-25(30)23(28)17-24(29)32-16-6-9-20-7-4-3-5-8-20/h3-5,7-8,10-13,19,23H,6,9,14-18H2,1-2H3,(H,27,30). The average Bonchev–Trinajstić information content (AvgIpc) is 2.82. The molecule has 176 valence electrons. The minimum atomic E-state index is -0.884. The van der Waals surface area contributed by atoms with Crippen LogP contribution in [0.3, 0.4) is 0 Å². The van der Waals surface area contributed by atoms with Gasteiger partial charge in [0.2, 0.25) is 5.91 Å². The summed E-state index contributed by atoms with van der Waals surface area (Å²) in [5.74, 6) is -0.0282. The molecule has 2 aromatic rings. The van der Waals surface area contributed by atoms with Gasteiger partial charge in [0, 0.05) is 18.7 Å². The van der Waals surface area contributed by atoms with Crippen LogP contribution in [0.25, 0.3) is 0 Å². The van der Waals surface area contributed by atoms with E-state index in [0.717, 1.165) is 6.42 Å². The third-order valence-corrected chi connectivity index (χ3v) is 5.35. The Hall–Kier alpha value is -3.35. The summed E-state index contributed by atoms with van der Waals surface area (Å²) in [6, 6.07) is 15.9. The maximum Gasteiger partial charge on any atom is 0.308 e. The molecule has 1 unspecified atom stereocenters. The first-order valence-electron chi connectivity index (χ1n) is 11.4.